The van der Waals surface area contributed by atoms with Gasteiger partial charge in [0, 0.05) is 25.2 Å². The van der Waals surface area contributed by atoms with Gasteiger partial charge in [-0.25, -0.2) is 4.79 Å². The number of rotatable bonds is 7. The molecule has 0 unspecified atom stereocenters. The van der Waals surface area contributed by atoms with E-state index in [1.165, 1.54) is 25.7 Å². The van der Waals surface area contributed by atoms with E-state index in [0.717, 1.165) is 38.8 Å². The first-order valence-electron chi connectivity index (χ1n) is 9.60. The van der Waals surface area contributed by atoms with Gasteiger partial charge in [0.05, 0.1) is 0 Å². The van der Waals surface area contributed by atoms with Gasteiger partial charge in [0.2, 0.25) is 0 Å². The van der Waals surface area contributed by atoms with E-state index in [9.17, 15) is 4.79 Å². The Morgan fingerprint density at radius 1 is 1.13 bits per heavy atom. The third-order valence-corrected chi connectivity index (χ3v) is 4.66. The van der Waals surface area contributed by atoms with Crippen LogP contribution in [0.3, 0.4) is 0 Å². The van der Waals surface area contributed by atoms with Crippen molar-refractivity contribution < 1.29 is 9.53 Å². The predicted octanol–water partition coefficient (Wildman–Crippen LogP) is 4.72. The summed E-state index contributed by atoms with van der Waals surface area (Å²) < 4.78 is 5.66. The third kappa shape index (κ3) is 8.05. The highest BCUT2D eigenvalue weighted by Crippen LogP contribution is 2.23. The number of nitrogens with zero attached hydrogens (tertiary/aromatic N) is 1. The molecule has 1 N–H and O–H groups in total. The molecule has 1 rings (SSSR count). The molecule has 0 spiro atoms. The number of nitrogens with one attached hydrogen (secondary N) is 1. The fourth-order valence-corrected chi connectivity index (χ4v) is 3.28. The second-order valence-corrected chi connectivity index (χ2v) is 7.79. The van der Waals surface area contributed by atoms with E-state index in [4.69, 9.17) is 4.74 Å². The van der Waals surface area contributed by atoms with Crippen LogP contribution >= 0.6 is 0 Å². The van der Waals surface area contributed by atoms with Gasteiger partial charge in [-0.1, -0.05) is 39.5 Å². The second-order valence-electron chi connectivity index (χ2n) is 7.79. The number of ether oxygens (including phenoxy) is 1. The minimum absolute atomic E-state index is 0.143. The standard InChI is InChI=1S/C19H38N2O2/c1-6-16(7-2)20-14-15-21(18(22)23-19(3,4)5)17-12-10-8-9-11-13-17/h16-17,20H,6-15H2,1-5H3. The first-order valence-corrected chi connectivity index (χ1v) is 9.60. The molecule has 0 atom stereocenters. The molecule has 4 heteroatoms. The van der Waals surface area contributed by atoms with E-state index >= 15 is 0 Å². The van der Waals surface area contributed by atoms with Gasteiger partial charge in [-0.3, -0.25) is 0 Å². The van der Waals surface area contributed by atoms with E-state index in [-0.39, 0.29) is 6.09 Å². The quantitative estimate of drug-likeness (QED) is 0.688. The van der Waals surface area contributed by atoms with Gasteiger partial charge in [0.15, 0.2) is 0 Å². The highest BCUT2D eigenvalue weighted by atomic mass is 16.6. The van der Waals surface area contributed by atoms with Crippen LogP contribution in [0.15, 0.2) is 0 Å². The smallest absolute Gasteiger partial charge is 0.410 e. The zero-order valence-electron chi connectivity index (χ0n) is 16.0. The van der Waals surface area contributed by atoms with Crippen LogP contribution in [-0.4, -0.2) is 41.8 Å². The van der Waals surface area contributed by atoms with Crippen molar-refractivity contribution in [3.8, 4) is 0 Å². The molecular weight excluding hydrogens is 288 g/mol. The van der Waals surface area contributed by atoms with Crippen molar-refractivity contribution in [1.82, 2.24) is 10.2 Å². The topological polar surface area (TPSA) is 41.6 Å². The minimum Gasteiger partial charge on any atom is -0.444 e. The summed E-state index contributed by atoms with van der Waals surface area (Å²) in [6.07, 6.45) is 9.40. The molecule has 0 heterocycles. The van der Waals surface area contributed by atoms with Gasteiger partial charge >= 0.3 is 6.09 Å². The van der Waals surface area contributed by atoms with Crippen molar-refractivity contribution >= 4 is 6.09 Å². The Hall–Kier alpha value is -0.770. The molecule has 1 fully saturated rings. The lowest BCUT2D eigenvalue weighted by Crippen LogP contribution is -2.47. The molecule has 1 aliphatic carbocycles. The number of hydrogen-bond donors (Lipinski definition) is 1. The normalized spacial score (nSPS) is 17.1. The maximum Gasteiger partial charge on any atom is 0.410 e. The molecule has 0 aromatic carbocycles. The molecule has 23 heavy (non-hydrogen) atoms. The SMILES string of the molecule is CCC(CC)NCCN(C(=O)OC(C)(C)C)C1CCCCCC1. The number of carbonyl (C=O) groups is 1. The second kappa shape index (κ2) is 10.2. The molecule has 0 aromatic rings. The summed E-state index contributed by atoms with van der Waals surface area (Å²) in [6, 6.07) is 0.889. The van der Waals surface area contributed by atoms with Crippen LogP contribution in [0.1, 0.15) is 86.0 Å². The summed E-state index contributed by atoms with van der Waals surface area (Å²) in [5.74, 6) is 0. The Labute approximate surface area is 143 Å². The molecule has 0 aliphatic heterocycles. The summed E-state index contributed by atoms with van der Waals surface area (Å²) in [5.41, 5.74) is -0.428. The minimum atomic E-state index is -0.428. The van der Waals surface area contributed by atoms with Crippen molar-refractivity contribution in [2.45, 2.75) is 104 Å². The van der Waals surface area contributed by atoms with Crippen LogP contribution in [0, 0.1) is 0 Å². The average molecular weight is 327 g/mol. The van der Waals surface area contributed by atoms with Crippen LogP contribution in [0.4, 0.5) is 4.79 Å². The molecule has 136 valence electrons. The molecule has 0 bridgehead atoms. The van der Waals surface area contributed by atoms with Crippen LogP contribution < -0.4 is 5.32 Å². The highest BCUT2D eigenvalue weighted by molar-refractivity contribution is 5.68. The Bertz CT molecular complexity index is 327. The monoisotopic (exact) mass is 326 g/mol. The lowest BCUT2D eigenvalue weighted by Gasteiger charge is -2.33. The van der Waals surface area contributed by atoms with Crippen LogP contribution in [-0.2, 0) is 4.74 Å². The molecule has 0 radical (unpaired) electrons. The predicted molar refractivity (Wildman–Crippen MR) is 96.8 cm³/mol. The average Bonchev–Trinajstić information content (AvgIpc) is 2.74. The molecule has 1 saturated carbocycles. The van der Waals surface area contributed by atoms with Gasteiger partial charge in [-0.15, -0.1) is 0 Å². The number of amides is 1. The van der Waals surface area contributed by atoms with Crippen LogP contribution in [0.25, 0.3) is 0 Å². The van der Waals surface area contributed by atoms with E-state index in [1.807, 2.05) is 25.7 Å². The van der Waals surface area contributed by atoms with Crippen molar-refractivity contribution in [1.29, 1.82) is 0 Å². The maximum absolute atomic E-state index is 12.7. The first-order chi connectivity index (χ1) is 10.9. The van der Waals surface area contributed by atoms with Gasteiger partial charge in [0.1, 0.15) is 5.60 Å². The molecule has 1 aliphatic rings. The fourth-order valence-electron chi connectivity index (χ4n) is 3.28. The van der Waals surface area contributed by atoms with Crippen LogP contribution in [0.5, 0.6) is 0 Å². The largest absolute Gasteiger partial charge is 0.444 e. The van der Waals surface area contributed by atoms with Crippen molar-refractivity contribution in [3.05, 3.63) is 0 Å². The van der Waals surface area contributed by atoms with Gasteiger partial charge in [-0.2, -0.15) is 0 Å². The third-order valence-electron chi connectivity index (χ3n) is 4.66. The van der Waals surface area contributed by atoms with E-state index < -0.39 is 5.60 Å². The van der Waals surface area contributed by atoms with Crippen LogP contribution in [0.2, 0.25) is 0 Å². The number of hydrogen-bond acceptors (Lipinski definition) is 3. The molecule has 4 nitrogen and oxygen atoms in total. The molecular formula is C19H38N2O2. The fraction of sp³-hybridized carbons (Fsp3) is 0.947. The van der Waals surface area contributed by atoms with Gasteiger partial charge in [-0.05, 0) is 46.5 Å². The zero-order chi connectivity index (χ0) is 17.3. The van der Waals surface area contributed by atoms with Gasteiger partial charge in [0.25, 0.3) is 0 Å². The van der Waals surface area contributed by atoms with Crippen molar-refractivity contribution in [2.75, 3.05) is 13.1 Å². The molecule has 0 saturated heterocycles. The lowest BCUT2D eigenvalue weighted by atomic mass is 10.1. The Morgan fingerprint density at radius 2 is 1.70 bits per heavy atom. The maximum atomic E-state index is 12.7. The lowest BCUT2D eigenvalue weighted by molar-refractivity contribution is 0.0145. The zero-order valence-corrected chi connectivity index (χ0v) is 16.0. The molecule has 1 amide bonds. The summed E-state index contributed by atoms with van der Waals surface area (Å²) in [7, 11) is 0. The summed E-state index contributed by atoms with van der Waals surface area (Å²) in [6.45, 7) is 11.8. The summed E-state index contributed by atoms with van der Waals surface area (Å²) in [4.78, 5) is 14.7. The Morgan fingerprint density at radius 3 is 2.17 bits per heavy atom. The first kappa shape index (κ1) is 20.3. The van der Waals surface area contributed by atoms with Crippen molar-refractivity contribution in [2.24, 2.45) is 0 Å². The molecule has 0 aromatic heterocycles. The van der Waals surface area contributed by atoms with E-state index in [2.05, 4.69) is 19.2 Å². The summed E-state index contributed by atoms with van der Waals surface area (Å²) >= 11 is 0. The summed E-state index contributed by atoms with van der Waals surface area (Å²) in [5, 5.41) is 3.57. The number of carbonyl (C=O) groups excluding carboxylic acids is 1. The Kier molecular flexibility index (Phi) is 8.96. The highest BCUT2D eigenvalue weighted by Gasteiger charge is 2.28. The van der Waals surface area contributed by atoms with E-state index in [1.54, 1.807) is 0 Å². The Balaban J connectivity index is 2.65. The van der Waals surface area contributed by atoms with Crippen molar-refractivity contribution in [3.63, 3.8) is 0 Å². The van der Waals surface area contributed by atoms with Gasteiger partial charge < -0.3 is 15.0 Å². The van der Waals surface area contributed by atoms with E-state index in [0.29, 0.717) is 12.1 Å².